The van der Waals surface area contributed by atoms with Crippen molar-refractivity contribution in [3.63, 3.8) is 0 Å². The zero-order valence-electron chi connectivity index (χ0n) is 6.93. The molecule has 0 aliphatic carbocycles. The number of nitrogens with one attached hydrogen (secondary N) is 1. The molecule has 1 unspecified atom stereocenters. The second-order valence-corrected chi connectivity index (χ2v) is 2.71. The third-order valence-electron chi connectivity index (χ3n) is 1.83. The van der Waals surface area contributed by atoms with Crippen LogP contribution in [0.15, 0.2) is 0 Å². The molecule has 0 aromatic heterocycles. The lowest BCUT2D eigenvalue weighted by atomic mass is 10.0. The summed E-state index contributed by atoms with van der Waals surface area (Å²) in [5.74, 6) is 0.607. The number of rotatable bonds is 2. The van der Waals surface area contributed by atoms with Gasteiger partial charge in [-0.1, -0.05) is 0 Å². The molecule has 0 radical (unpaired) electrons. The molecule has 0 aromatic carbocycles. The largest absolute Gasteiger partial charge is 0.481 e. The highest BCUT2D eigenvalue weighted by Crippen LogP contribution is 2.14. The summed E-state index contributed by atoms with van der Waals surface area (Å²) in [7, 11) is 0. The Kier molecular flexibility index (Phi) is 3.36. The van der Waals surface area contributed by atoms with E-state index in [0.717, 1.165) is 19.4 Å². The second kappa shape index (κ2) is 4.34. The minimum absolute atomic E-state index is 0.212. The Labute approximate surface area is 67.2 Å². The molecule has 3 heteroatoms. The summed E-state index contributed by atoms with van der Waals surface area (Å²) in [6.07, 6.45) is 2.10. The maximum absolute atomic E-state index is 7.48. The number of hydrogen-bond donors (Lipinski definition) is 1. The maximum atomic E-state index is 7.48. The minimum Gasteiger partial charge on any atom is -0.481 e. The molecule has 3 nitrogen and oxygen atoms in total. The van der Waals surface area contributed by atoms with E-state index in [1.165, 1.54) is 0 Å². The van der Waals surface area contributed by atoms with Crippen LogP contribution in [0.5, 0.6) is 0 Å². The maximum Gasteiger partial charge on any atom is 0.185 e. The predicted molar refractivity (Wildman–Crippen MR) is 42.9 cm³/mol. The summed E-state index contributed by atoms with van der Waals surface area (Å²) in [6.45, 7) is 4.00. The molecule has 1 rings (SSSR count). The fraction of sp³-hybridized carbons (Fsp3) is 0.875. The highest BCUT2D eigenvalue weighted by molar-refractivity contribution is 5.75. The Bertz CT molecular complexity index is 130. The molecule has 1 N–H and O–H groups in total. The molecular weight excluding hydrogens is 142 g/mol. The molecule has 0 amide bonds. The van der Waals surface area contributed by atoms with Crippen LogP contribution in [0.1, 0.15) is 19.8 Å². The average molecular weight is 157 g/mol. The summed E-state index contributed by atoms with van der Waals surface area (Å²) in [5, 5.41) is 7.48. The Hall–Kier alpha value is -0.570. The first-order valence-electron chi connectivity index (χ1n) is 4.13. The van der Waals surface area contributed by atoms with Gasteiger partial charge in [-0.05, 0) is 19.8 Å². The monoisotopic (exact) mass is 157 g/mol. The van der Waals surface area contributed by atoms with E-state index in [1.807, 2.05) is 6.92 Å². The van der Waals surface area contributed by atoms with Crippen molar-refractivity contribution in [3.8, 4) is 0 Å². The predicted octanol–water partition coefficient (Wildman–Crippen LogP) is 1.43. The van der Waals surface area contributed by atoms with Crippen LogP contribution >= 0.6 is 0 Å². The fourth-order valence-corrected chi connectivity index (χ4v) is 1.22. The standard InChI is InChI=1S/C8H15NO2/c1-2-11-8(9)7-4-3-5-10-6-7/h7,9H,2-6H2,1H3. The summed E-state index contributed by atoms with van der Waals surface area (Å²) in [4.78, 5) is 0. The van der Waals surface area contributed by atoms with Crippen LogP contribution in [0, 0.1) is 11.3 Å². The van der Waals surface area contributed by atoms with E-state index >= 15 is 0 Å². The first-order chi connectivity index (χ1) is 5.34. The van der Waals surface area contributed by atoms with Crippen molar-refractivity contribution in [1.82, 2.24) is 0 Å². The van der Waals surface area contributed by atoms with Crippen molar-refractivity contribution in [1.29, 1.82) is 5.41 Å². The molecule has 1 atom stereocenters. The molecule has 1 fully saturated rings. The minimum atomic E-state index is 0.212. The summed E-state index contributed by atoms with van der Waals surface area (Å²) in [5.41, 5.74) is 0. The highest BCUT2D eigenvalue weighted by Gasteiger charge is 2.19. The van der Waals surface area contributed by atoms with Crippen LogP contribution in [0.25, 0.3) is 0 Å². The van der Waals surface area contributed by atoms with Crippen molar-refractivity contribution >= 4 is 5.90 Å². The van der Waals surface area contributed by atoms with Gasteiger partial charge in [0, 0.05) is 6.61 Å². The van der Waals surface area contributed by atoms with E-state index in [0.29, 0.717) is 19.1 Å². The molecule has 0 aromatic rings. The van der Waals surface area contributed by atoms with Crippen molar-refractivity contribution in [2.75, 3.05) is 19.8 Å². The molecule has 1 aliphatic heterocycles. The van der Waals surface area contributed by atoms with Gasteiger partial charge in [-0.25, -0.2) is 0 Å². The molecular formula is C8H15NO2. The van der Waals surface area contributed by atoms with Crippen LogP contribution < -0.4 is 0 Å². The lowest BCUT2D eigenvalue weighted by molar-refractivity contribution is 0.0678. The first-order valence-corrected chi connectivity index (χ1v) is 4.13. The molecule has 0 spiro atoms. The van der Waals surface area contributed by atoms with E-state index < -0.39 is 0 Å². The van der Waals surface area contributed by atoms with Gasteiger partial charge in [0.1, 0.15) is 0 Å². The third-order valence-corrected chi connectivity index (χ3v) is 1.83. The van der Waals surface area contributed by atoms with Gasteiger partial charge in [0.25, 0.3) is 0 Å². The molecule has 1 heterocycles. The quantitative estimate of drug-likeness (QED) is 0.486. The van der Waals surface area contributed by atoms with Gasteiger partial charge in [0.2, 0.25) is 0 Å². The van der Waals surface area contributed by atoms with Gasteiger partial charge in [-0.3, -0.25) is 5.41 Å². The summed E-state index contributed by atoms with van der Waals surface area (Å²) < 4.78 is 10.3. The fourth-order valence-electron chi connectivity index (χ4n) is 1.22. The van der Waals surface area contributed by atoms with Crippen LogP contribution in [-0.2, 0) is 9.47 Å². The first kappa shape index (κ1) is 8.53. The average Bonchev–Trinajstić information content (AvgIpc) is 2.07. The number of ether oxygens (including phenoxy) is 2. The zero-order chi connectivity index (χ0) is 8.10. The van der Waals surface area contributed by atoms with Gasteiger partial charge >= 0.3 is 0 Å². The molecule has 11 heavy (non-hydrogen) atoms. The molecule has 1 aliphatic rings. The summed E-state index contributed by atoms with van der Waals surface area (Å²) >= 11 is 0. The van der Waals surface area contributed by atoms with E-state index in [1.54, 1.807) is 0 Å². The SMILES string of the molecule is CCOC(=N)C1CCCOC1. The van der Waals surface area contributed by atoms with Crippen molar-refractivity contribution < 1.29 is 9.47 Å². The van der Waals surface area contributed by atoms with E-state index in [-0.39, 0.29) is 5.92 Å². The second-order valence-electron chi connectivity index (χ2n) is 2.71. The van der Waals surface area contributed by atoms with E-state index in [4.69, 9.17) is 14.9 Å². The van der Waals surface area contributed by atoms with Crippen LogP contribution in [0.3, 0.4) is 0 Å². The van der Waals surface area contributed by atoms with Gasteiger partial charge in [-0.2, -0.15) is 0 Å². The van der Waals surface area contributed by atoms with Gasteiger partial charge in [-0.15, -0.1) is 0 Å². The van der Waals surface area contributed by atoms with E-state index in [9.17, 15) is 0 Å². The number of hydrogen-bond acceptors (Lipinski definition) is 3. The summed E-state index contributed by atoms with van der Waals surface area (Å²) in [6, 6.07) is 0. The normalized spacial score (nSPS) is 24.6. The molecule has 1 saturated heterocycles. The Morgan fingerprint density at radius 1 is 1.73 bits per heavy atom. The van der Waals surface area contributed by atoms with Gasteiger partial charge in [0.05, 0.1) is 19.1 Å². The van der Waals surface area contributed by atoms with E-state index in [2.05, 4.69) is 0 Å². The lowest BCUT2D eigenvalue weighted by Crippen LogP contribution is -2.26. The lowest BCUT2D eigenvalue weighted by Gasteiger charge is -2.21. The Morgan fingerprint density at radius 3 is 3.09 bits per heavy atom. The highest BCUT2D eigenvalue weighted by atomic mass is 16.5. The zero-order valence-corrected chi connectivity index (χ0v) is 6.93. The molecule has 0 saturated carbocycles. The van der Waals surface area contributed by atoms with Crippen molar-refractivity contribution in [2.45, 2.75) is 19.8 Å². The van der Waals surface area contributed by atoms with Crippen LogP contribution in [0.4, 0.5) is 0 Å². The Balaban J connectivity index is 2.27. The van der Waals surface area contributed by atoms with Gasteiger partial charge < -0.3 is 9.47 Å². The molecule has 0 bridgehead atoms. The van der Waals surface area contributed by atoms with Crippen LogP contribution in [-0.4, -0.2) is 25.7 Å². The van der Waals surface area contributed by atoms with Crippen molar-refractivity contribution in [2.24, 2.45) is 5.92 Å². The smallest absolute Gasteiger partial charge is 0.185 e. The van der Waals surface area contributed by atoms with Crippen molar-refractivity contribution in [3.05, 3.63) is 0 Å². The van der Waals surface area contributed by atoms with Crippen LogP contribution in [0.2, 0.25) is 0 Å². The molecule has 64 valence electrons. The Morgan fingerprint density at radius 2 is 2.55 bits per heavy atom. The topological polar surface area (TPSA) is 42.3 Å². The third kappa shape index (κ3) is 2.50. The van der Waals surface area contributed by atoms with Gasteiger partial charge in [0.15, 0.2) is 5.90 Å².